The van der Waals surface area contributed by atoms with Crippen molar-refractivity contribution in [3.63, 3.8) is 0 Å². The van der Waals surface area contributed by atoms with Crippen molar-refractivity contribution in [2.45, 2.75) is 354 Å². The zero-order chi connectivity index (χ0) is 49.3. The number of carbonyl (C=O) groups is 3. The lowest BCUT2D eigenvalue weighted by Crippen LogP contribution is -2.30. The quantitative estimate of drug-likeness (QED) is 0.0262. The SMILES string of the molecule is CCCCCCCCCC/C=C\CCCCCCCCCCCCCCCCCCCCCCCC(=O)OCC(COC(=O)CCCCCCCCC)OC(=O)CCCCCCCCCCCC. The van der Waals surface area contributed by atoms with E-state index < -0.39 is 6.10 Å². The van der Waals surface area contributed by atoms with Crippen LogP contribution in [0.25, 0.3) is 0 Å². The molecule has 0 bridgehead atoms. The molecule has 1 atom stereocenters. The lowest BCUT2D eigenvalue weighted by molar-refractivity contribution is -0.167. The van der Waals surface area contributed by atoms with Gasteiger partial charge >= 0.3 is 17.9 Å². The van der Waals surface area contributed by atoms with Crippen molar-refractivity contribution in [3.05, 3.63) is 12.2 Å². The van der Waals surface area contributed by atoms with Crippen molar-refractivity contribution in [2.24, 2.45) is 0 Å². The van der Waals surface area contributed by atoms with Gasteiger partial charge in [-0.15, -0.1) is 0 Å². The molecule has 0 aromatic heterocycles. The number of allylic oxidation sites excluding steroid dienone is 2. The Hall–Kier alpha value is -1.85. The van der Waals surface area contributed by atoms with Gasteiger partial charge in [-0.2, -0.15) is 0 Å². The van der Waals surface area contributed by atoms with Crippen molar-refractivity contribution < 1.29 is 28.6 Å². The minimum Gasteiger partial charge on any atom is -0.462 e. The van der Waals surface area contributed by atoms with Crippen LogP contribution in [0.1, 0.15) is 348 Å². The average Bonchev–Trinajstić information content (AvgIpc) is 3.34. The number of rotatable bonds is 57. The monoisotopic (exact) mass is 959 g/mol. The third-order valence-corrected chi connectivity index (χ3v) is 14.0. The molecule has 0 aliphatic heterocycles. The number of esters is 3. The van der Waals surface area contributed by atoms with Crippen LogP contribution in [0.3, 0.4) is 0 Å². The van der Waals surface area contributed by atoms with Gasteiger partial charge in [-0.25, -0.2) is 0 Å². The van der Waals surface area contributed by atoms with E-state index in [4.69, 9.17) is 14.2 Å². The lowest BCUT2D eigenvalue weighted by Gasteiger charge is -2.18. The zero-order valence-electron chi connectivity index (χ0n) is 46.2. The summed E-state index contributed by atoms with van der Waals surface area (Å²) in [5, 5.41) is 0. The van der Waals surface area contributed by atoms with Crippen molar-refractivity contribution in [3.8, 4) is 0 Å². The van der Waals surface area contributed by atoms with Gasteiger partial charge in [-0.1, -0.05) is 296 Å². The second-order valence-electron chi connectivity index (χ2n) is 21.0. The molecule has 0 saturated carbocycles. The molecule has 0 N–H and O–H groups in total. The van der Waals surface area contributed by atoms with Gasteiger partial charge in [0.25, 0.3) is 0 Å². The summed E-state index contributed by atoms with van der Waals surface area (Å²) in [5.41, 5.74) is 0. The van der Waals surface area contributed by atoms with Crippen LogP contribution in [0.5, 0.6) is 0 Å². The summed E-state index contributed by atoms with van der Waals surface area (Å²) in [6, 6.07) is 0. The molecule has 0 aromatic rings. The Morgan fingerprint density at radius 1 is 0.279 bits per heavy atom. The summed E-state index contributed by atoms with van der Waals surface area (Å²) >= 11 is 0. The van der Waals surface area contributed by atoms with E-state index >= 15 is 0 Å². The smallest absolute Gasteiger partial charge is 0.306 e. The maximum atomic E-state index is 12.7. The number of unbranched alkanes of at least 4 members (excludes halogenated alkanes) is 44. The van der Waals surface area contributed by atoms with E-state index in [0.717, 1.165) is 57.8 Å². The molecule has 0 amide bonds. The van der Waals surface area contributed by atoms with Gasteiger partial charge in [0.2, 0.25) is 0 Å². The highest BCUT2D eigenvalue weighted by atomic mass is 16.6. The molecule has 0 spiro atoms. The summed E-state index contributed by atoms with van der Waals surface area (Å²) in [5.74, 6) is -0.852. The number of carbonyl (C=O) groups excluding carboxylic acids is 3. The van der Waals surface area contributed by atoms with Gasteiger partial charge in [0.05, 0.1) is 0 Å². The van der Waals surface area contributed by atoms with Crippen LogP contribution >= 0.6 is 0 Å². The van der Waals surface area contributed by atoms with Crippen LogP contribution < -0.4 is 0 Å². The summed E-state index contributed by atoms with van der Waals surface area (Å²) < 4.78 is 16.7. The first-order valence-electron chi connectivity index (χ1n) is 30.7. The molecule has 0 aromatic carbocycles. The first-order chi connectivity index (χ1) is 33.5. The van der Waals surface area contributed by atoms with E-state index in [2.05, 4.69) is 32.9 Å². The van der Waals surface area contributed by atoms with E-state index in [1.54, 1.807) is 0 Å². The predicted molar refractivity (Wildman–Crippen MR) is 293 cm³/mol. The fourth-order valence-electron chi connectivity index (χ4n) is 9.38. The largest absolute Gasteiger partial charge is 0.462 e. The van der Waals surface area contributed by atoms with Crippen LogP contribution in [0.4, 0.5) is 0 Å². The Balaban J connectivity index is 3.85. The van der Waals surface area contributed by atoms with Crippen LogP contribution in [-0.4, -0.2) is 37.2 Å². The van der Waals surface area contributed by atoms with Crippen molar-refractivity contribution in [1.82, 2.24) is 0 Å². The lowest BCUT2D eigenvalue weighted by atomic mass is 10.0. The molecule has 6 nitrogen and oxygen atoms in total. The van der Waals surface area contributed by atoms with Crippen LogP contribution in [0.2, 0.25) is 0 Å². The highest BCUT2D eigenvalue weighted by Crippen LogP contribution is 2.18. The van der Waals surface area contributed by atoms with E-state index in [0.29, 0.717) is 19.3 Å². The van der Waals surface area contributed by atoms with Crippen molar-refractivity contribution in [2.75, 3.05) is 13.2 Å². The minimum atomic E-state index is -0.760. The summed E-state index contributed by atoms with van der Waals surface area (Å²) in [6.07, 6.45) is 67.0. The maximum Gasteiger partial charge on any atom is 0.306 e. The second-order valence-corrected chi connectivity index (χ2v) is 21.0. The van der Waals surface area contributed by atoms with Gasteiger partial charge < -0.3 is 14.2 Å². The van der Waals surface area contributed by atoms with Gasteiger partial charge in [0.1, 0.15) is 13.2 Å². The summed E-state index contributed by atoms with van der Waals surface area (Å²) in [6.45, 7) is 6.63. The van der Waals surface area contributed by atoms with E-state index in [1.807, 2.05) is 0 Å². The second kappa shape index (κ2) is 57.7. The van der Waals surface area contributed by atoms with Gasteiger partial charge in [-0.3, -0.25) is 14.4 Å². The molecular formula is C62H118O6. The average molecular weight is 960 g/mol. The van der Waals surface area contributed by atoms with E-state index in [1.165, 1.54) is 250 Å². The number of hydrogen-bond donors (Lipinski definition) is 0. The molecule has 6 heteroatoms. The Bertz CT molecular complexity index is 1060. The standard InChI is InChI=1S/C62H118O6/c1-4-7-10-13-16-18-20-21-22-23-24-25-26-27-28-29-30-31-32-33-34-35-36-37-38-39-40-41-42-44-46-49-52-55-61(64)67-58-59(57-66-60(63)54-51-48-45-15-12-9-6-3)68-62(65)56-53-50-47-43-19-17-14-11-8-5-2/h23-24,59H,4-22,25-58H2,1-3H3/b24-23-. The predicted octanol–water partition coefficient (Wildman–Crippen LogP) is 20.5. The summed E-state index contributed by atoms with van der Waals surface area (Å²) in [4.78, 5) is 37.8. The molecule has 402 valence electrons. The Morgan fingerprint density at radius 2 is 0.485 bits per heavy atom. The minimum absolute atomic E-state index is 0.0639. The molecule has 0 saturated heterocycles. The normalized spacial score (nSPS) is 12.0. The molecular weight excluding hydrogens is 841 g/mol. The molecule has 0 rings (SSSR count). The van der Waals surface area contributed by atoms with Crippen LogP contribution in [0, 0.1) is 0 Å². The molecule has 0 aliphatic rings. The van der Waals surface area contributed by atoms with Gasteiger partial charge in [0.15, 0.2) is 6.10 Å². The number of ether oxygens (including phenoxy) is 3. The van der Waals surface area contributed by atoms with Gasteiger partial charge in [0, 0.05) is 19.3 Å². The third-order valence-electron chi connectivity index (χ3n) is 14.0. The highest BCUT2D eigenvalue weighted by Gasteiger charge is 2.19. The maximum absolute atomic E-state index is 12.7. The van der Waals surface area contributed by atoms with Gasteiger partial charge in [-0.05, 0) is 44.9 Å². The molecule has 0 aliphatic carbocycles. The van der Waals surface area contributed by atoms with E-state index in [9.17, 15) is 14.4 Å². The Labute approximate surface area is 424 Å². The number of hydrogen-bond acceptors (Lipinski definition) is 6. The highest BCUT2D eigenvalue weighted by molar-refractivity contribution is 5.71. The van der Waals surface area contributed by atoms with E-state index in [-0.39, 0.29) is 31.1 Å². The molecule has 0 radical (unpaired) electrons. The molecule has 1 unspecified atom stereocenters. The first-order valence-corrected chi connectivity index (χ1v) is 30.7. The zero-order valence-corrected chi connectivity index (χ0v) is 46.2. The van der Waals surface area contributed by atoms with Crippen molar-refractivity contribution in [1.29, 1.82) is 0 Å². The Kier molecular flexibility index (Phi) is 56.2. The Morgan fingerprint density at radius 3 is 0.735 bits per heavy atom. The molecule has 68 heavy (non-hydrogen) atoms. The van der Waals surface area contributed by atoms with Crippen LogP contribution in [0.15, 0.2) is 12.2 Å². The molecule has 0 heterocycles. The first kappa shape index (κ1) is 66.2. The molecule has 0 fully saturated rings. The fourth-order valence-corrected chi connectivity index (χ4v) is 9.38. The third kappa shape index (κ3) is 55.1. The fraction of sp³-hybridized carbons (Fsp3) is 0.919. The van der Waals surface area contributed by atoms with Crippen molar-refractivity contribution >= 4 is 17.9 Å². The van der Waals surface area contributed by atoms with Crippen LogP contribution in [-0.2, 0) is 28.6 Å². The summed E-state index contributed by atoms with van der Waals surface area (Å²) in [7, 11) is 0. The topological polar surface area (TPSA) is 78.9 Å².